The van der Waals surface area contributed by atoms with Crippen LogP contribution in [0.1, 0.15) is 26.2 Å². The second-order valence-corrected chi connectivity index (χ2v) is 2.88. The molecule has 0 aromatic heterocycles. The van der Waals surface area contributed by atoms with Gasteiger partial charge in [0.2, 0.25) is 0 Å². The molecule has 0 aliphatic rings. The minimum absolute atomic E-state index is 0.422. The molecular weight excluding hydrogens is 150 g/mol. The lowest BCUT2D eigenvalue weighted by Gasteiger charge is -2.15. The van der Waals surface area contributed by atoms with Crippen molar-refractivity contribution in [2.75, 3.05) is 20.3 Å². The summed E-state index contributed by atoms with van der Waals surface area (Å²) >= 11 is 0. The summed E-state index contributed by atoms with van der Waals surface area (Å²) in [5, 5.41) is 3.24. The van der Waals surface area contributed by atoms with E-state index in [9.17, 15) is 0 Å². The van der Waals surface area contributed by atoms with E-state index in [4.69, 9.17) is 11.2 Å². The van der Waals surface area contributed by atoms with Gasteiger partial charge in [-0.3, -0.25) is 0 Å². The van der Waals surface area contributed by atoms with Crippen molar-refractivity contribution in [1.29, 1.82) is 0 Å². The highest BCUT2D eigenvalue weighted by Crippen LogP contribution is 2.00. The Labute approximate surface area is 75.7 Å². The summed E-state index contributed by atoms with van der Waals surface area (Å²) in [6.45, 7) is 3.57. The summed E-state index contributed by atoms with van der Waals surface area (Å²) in [7, 11) is 1.72. The molecule has 0 bridgehead atoms. The summed E-state index contributed by atoms with van der Waals surface area (Å²) in [5.41, 5.74) is 0. The van der Waals surface area contributed by atoms with Crippen LogP contribution in [0, 0.1) is 12.3 Å². The average molecular weight is 169 g/mol. The number of rotatable bonds is 7. The van der Waals surface area contributed by atoms with E-state index < -0.39 is 0 Å². The minimum atomic E-state index is 0.422. The topological polar surface area (TPSA) is 21.3 Å². The largest absolute Gasteiger partial charge is 0.383 e. The molecule has 0 fully saturated rings. The molecule has 0 heterocycles. The highest BCUT2D eigenvalue weighted by Gasteiger charge is 2.04. The zero-order chi connectivity index (χ0) is 9.23. The molecule has 1 atom stereocenters. The summed E-state index contributed by atoms with van der Waals surface area (Å²) in [6.07, 6.45) is 8.74. The van der Waals surface area contributed by atoms with Gasteiger partial charge in [0.05, 0.1) is 13.2 Å². The molecule has 0 spiro atoms. The van der Waals surface area contributed by atoms with Gasteiger partial charge >= 0.3 is 0 Å². The van der Waals surface area contributed by atoms with Gasteiger partial charge in [0, 0.05) is 13.2 Å². The smallest absolute Gasteiger partial charge is 0.0616 e. The Kier molecular flexibility index (Phi) is 8.20. The van der Waals surface area contributed by atoms with Crippen molar-refractivity contribution in [3.8, 4) is 12.3 Å². The fourth-order valence-electron chi connectivity index (χ4n) is 1.10. The molecule has 0 saturated carbocycles. The molecule has 0 rings (SSSR count). The van der Waals surface area contributed by atoms with E-state index in [2.05, 4.69) is 18.2 Å². The van der Waals surface area contributed by atoms with Gasteiger partial charge in [-0.2, -0.15) is 0 Å². The van der Waals surface area contributed by atoms with Crippen molar-refractivity contribution >= 4 is 0 Å². The Morgan fingerprint density at radius 3 is 2.83 bits per heavy atom. The van der Waals surface area contributed by atoms with E-state index in [1.807, 2.05) is 0 Å². The Morgan fingerprint density at radius 1 is 1.58 bits per heavy atom. The zero-order valence-electron chi connectivity index (χ0n) is 8.10. The maximum Gasteiger partial charge on any atom is 0.0616 e. The van der Waals surface area contributed by atoms with Crippen LogP contribution in [0.25, 0.3) is 0 Å². The monoisotopic (exact) mass is 169 g/mol. The van der Waals surface area contributed by atoms with Crippen molar-refractivity contribution in [2.24, 2.45) is 0 Å². The number of terminal acetylenes is 1. The highest BCUT2D eigenvalue weighted by atomic mass is 16.5. The van der Waals surface area contributed by atoms with E-state index in [0.717, 1.165) is 13.0 Å². The summed E-state index contributed by atoms with van der Waals surface area (Å²) in [5.74, 6) is 2.57. The molecule has 0 aromatic rings. The second kappa shape index (κ2) is 8.58. The number of methoxy groups -OCH3 is 1. The lowest BCUT2D eigenvalue weighted by Crippen LogP contribution is -2.33. The molecule has 70 valence electrons. The fraction of sp³-hybridized carbons (Fsp3) is 0.800. The van der Waals surface area contributed by atoms with Gasteiger partial charge in [-0.05, 0) is 6.42 Å². The first-order valence-electron chi connectivity index (χ1n) is 4.50. The quantitative estimate of drug-likeness (QED) is 0.582. The first kappa shape index (κ1) is 11.5. The molecule has 0 saturated heterocycles. The van der Waals surface area contributed by atoms with E-state index in [-0.39, 0.29) is 0 Å². The first-order valence-corrected chi connectivity index (χ1v) is 4.50. The third-order valence-electron chi connectivity index (χ3n) is 1.77. The van der Waals surface area contributed by atoms with Crippen LogP contribution < -0.4 is 5.32 Å². The highest BCUT2D eigenvalue weighted by molar-refractivity contribution is 4.88. The van der Waals surface area contributed by atoms with Gasteiger partial charge in [-0.1, -0.05) is 25.7 Å². The van der Waals surface area contributed by atoms with Crippen LogP contribution in [0.4, 0.5) is 0 Å². The van der Waals surface area contributed by atoms with E-state index in [0.29, 0.717) is 12.6 Å². The van der Waals surface area contributed by atoms with Crippen molar-refractivity contribution < 1.29 is 4.74 Å². The van der Waals surface area contributed by atoms with Crippen molar-refractivity contribution in [1.82, 2.24) is 5.32 Å². The Balaban J connectivity index is 3.48. The number of hydrogen-bond donors (Lipinski definition) is 1. The predicted octanol–water partition coefficient (Wildman–Crippen LogP) is 1.41. The van der Waals surface area contributed by atoms with Crippen LogP contribution in [0.3, 0.4) is 0 Å². The lowest BCUT2D eigenvalue weighted by molar-refractivity contribution is 0.163. The second-order valence-electron chi connectivity index (χ2n) is 2.88. The fourth-order valence-corrected chi connectivity index (χ4v) is 1.10. The molecule has 0 amide bonds. The molecule has 0 aliphatic heterocycles. The first-order chi connectivity index (χ1) is 5.85. The Bertz CT molecular complexity index is 128. The number of unbranched alkanes of at least 4 members (excludes halogenated alkanes) is 1. The maximum atomic E-state index is 5.15. The minimum Gasteiger partial charge on any atom is -0.383 e. The van der Waals surface area contributed by atoms with Crippen LogP contribution >= 0.6 is 0 Å². The number of nitrogens with one attached hydrogen (secondary N) is 1. The molecule has 1 unspecified atom stereocenters. The molecule has 0 aliphatic carbocycles. The van der Waals surface area contributed by atoms with E-state index in [1.54, 1.807) is 7.11 Å². The zero-order valence-corrected chi connectivity index (χ0v) is 8.10. The molecule has 2 nitrogen and oxygen atoms in total. The predicted molar refractivity (Wildman–Crippen MR) is 52.0 cm³/mol. The van der Waals surface area contributed by atoms with Crippen molar-refractivity contribution in [3.05, 3.63) is 0 Å². The van der Waals surface area contributed by atoms with Gasteiger partial charge in [-0.15, -0.1) is 6.42 Å². The Hall–Kier alpha value is -0.520. The van der Waals surface area contributed by atoms with Crippen LogP contribution in [0.2, 0.25) is 0 Å². The SMILES string of the molecule is C#CCNC(CCCC)COC. The van der Waals surface area contributed by atoms with E-state index in [1.165, 1.54) is 12.8 Å². The van der Waals surface area contributed by atoms with Crippen LogP contribution in [0.15, 0.2) is 0 Å². The van der Waals surface area contributed by atoms with Gasteiger partial charge in [0.15, 0.2) is 0 Å². The normalized spacial score (nSPS) is 12.4. The molecule has 2 heteroatoms. The van der Waals surface area contributed by atoms with Gasteiger partial charge < -0.3 is 10.1 Å². The number of ether oxygens (including phenoxy) is 1. The third-order valence-corrected chi connectivity index (χ3v) is 1.77. The van der Waals surface area contributed by atoms with E-state index >= 15 is 0 Å². The molecule has 12 heavy (non-hydrogen) atoms. The lowest BCUT2D eigenvalue weighted by atomic mass is 10.1. The standard InChI is InChI=1S/C10H19NO/c1-4-6-7-10(9-12-3)11-8-5-2/h2,10-11H,4,6-9H2,1,3H3. The summed E-state index contributed by atoms with van der Waals surface area (Å²) < 4.78 is 5.07. The van der Waals surface area contributed by atoms with Crippen LogP contribution in [-0.4, -0.2) is 26.3 Å². The number of hydrogen-bond acceptors (Lipinski definition) is 2. The molecule has 0 radical (unpaired) electrons. The molecule has 0 aromatic carbocycles. The molecular formula is C10H19NO. The van der Waals surface area contributed by atoms with Crippen molar-refractivity contribution in [2.45, 2.75) is 32.2 Å². The summed E-state index contributed by atoms with van der Waals surface area (Å²) in [6, 6.07) is 0.422. The van der Waals surface area contributed by atoms with Gasteiger partial charge in [0.1, 0.15) is 0 Å². The van der Waals surface area contributed by atoms with Crippen LogP contribution in [0.5, 0.6) is 0 Å². The third kappa shape index (κ3) is 6.21. The molecule has 1 N–H and O–H groups in total. The van der Waals surface area contributed by atoms with Crippen LogP contribution in [-0.2, 0) is 4.74 Å². The summed E-state index contributed by atoms with van der Waals surface area (Å²) in [4.78, 5) is 0. The van der Waals surface area contributed by atoms with Gasteiger partial charge in [0.25, 0.3) is 0 Å². The van der Waals surface area contributed by atoms with Gasteiger partial charge in [-0.25, -0.2) is 0 Å². The average Bonchev–Trinajstić information content (AvgIpc) is 2.10. The van der Waals surface area contributed by atoms with Crippen molar-refractivity contribution in [3.63, 3.8) is 0 Å². The maximum absolute atomic E-state index is 5.15. The Morgan fingerprint density at radius 2 is 2.33 bits per heavy atom.